The predicted molar refractivity (Wildman–Crippen MR) is 87.1 cm³/mol. The maximum atomic E-state index is 10.1. The lowest BCUT2D eigenvalue weighted by atomic mass is 9.86. The highest BCUT2D eigenvalue weighted by atomic mass is 32.2. The third-order valence-corrected chi connectivity index (χ3v) is 4.92. The van der Waals surface area contributed by atoms with E-state index in [0.29, 0.717) is 5.25 Å². The van der Waals surface area contributed by atoms with Crippen LogP contribution < -0.4 is 0 Å². The van der Waals surface area contributed by atoms with Crippen LogP contribution in [0.3, 0.4) is 0 Å². The molecular formula is C17H28OS. The average Bonchev–Trinajstić information content (AvgIpc) is 2.35. The zero-order valence-electron chi connectivity index (χ0n) is 12.9. The van der Waals surface area contributed by atoms with Crippen LogP contribution in [0.15, 0.2) is 24.3 Å². The quantitative estimate of drug-likeness (QED) is 0.832. The molecule has 0 aliphatic rings. The SMILES string of the molecule is CCC(C)SCC(O)Cc1ccc(C(C)(C)C)cc1. The predicted octanol–water partition coefficient (Wildman–Crippen LogP) is 4.42. The highest BCUT2D eigenvalue weighted by molar-refractivity contribution is 7.99. The normalized spacial score (nSPS) is 15.3. The Balaban J connectivity index is 2.49. The number of benzene rings is 1. The van der Waals surface area contributed by atoms with Gasteiger partial charge in [0.05, 0.1) is 6.10 Å². The van der Waals surface area contributed by atoms with E-state index in [9.17, 15) is 5.11 Å². The molecule has 0 fully saturated rings. The Morgan fingerprint density at radius 2 is 1.74 bits per heavy atom. The topological polar surface area (TPSA) is 20.2 Å². The fourth-order valence-corrected chi connectivity index (χ4v) is 2.77. The monoisotopic (exact) mass is 280 g/mol. The van der Waals surface area contributed by atoms with E-state index in [4.69, 9.17) is 0 Å². The van der Waals surface area contributed by atoms with Gasteiger partial charge in [-0.15, -0.1) is 0 Å². The number of hydrogen-bond acceptors (Lipinski definition) is 2. The minimum atomic E-state index is -0.237. The molecule has 1 N–H and O–H groups in total. The van der Waals surface area contributed by atoms with Gasteiger partial charge in [-0.25, -0.2) is 0 Å². The second-order valence-corrected chi connectivity index (χ2v) is 7.83. The van der Waals surface area contributed by atoms with Crippen molar-refractivity contribution in [3.8, 4) is 0 Å². The van der Waals surface area contributed by atoms with Crippen LogP contribution in [-0.2, 0) is 11.8 Å². The average molecular weight is 280 g/mol. The number of rotatable bonds is 6. The molecule has 0 bridgehead atoms. The molecule has 0 aliphatic carbocycles. The molecule has 0 aliphatic heterocycles. The van der Waals surface area contributed by atoms with Gasteiger partial charge in [-0.1, -0.05) is 58.9 Å². The minimum Gasteiger partial charge on any atom is -0.392 e. The largest absolute Gasteiger partial charge is 0.392 e. The van der Waals surface area contributed by atoms with E-state index in [-0.39, 0.29) is 11.5 Å². The lowest BCUT2D eigenvalue weighted by Crippen LogP contribution is -2.16. The molecule has 2 heteroatoms. The molecule has 0 saturated carbocycles. The highest BCUT2D eigenvalue weighted by Crippen LogP contribution is 2.23. The summed E-state index contributed by atoms with van der Waals surface area (Å²) in [6.07, 6.45) is 1.69. The fourth-order valence-electron chi connectivity index (χ4n) is 1.87. The smallest absolute Gasteiger partial charge is 0.0670 e. The highest BCUT2D eigenvalue weighted by Gasteiger charge is 2.13. The van der Waals surface area contributed by atoms with Crippen LogP contribution in [0.2, 0.25) is 0 Å². The van der Waals surface area contributed by atoms with Gasteiger partial charge in [-0.2, -0.15) is 11.8 Å². The molecule has 0 spiro atoms. The van der Waals surface area contributed by atoms with Crippen molar-refractivity contribution in [1.29, 1.82) is 0 Å². The van der Waals surface area contributed by atoms with Gasteiger partial charge in [0.15, 0.2) is 0 Å². The number of aliphatic hydroxyl groups excluding tert-OH is 1. The third kappa shape index (κ3) is 6.01. The summed E-state index contributed by atoms with van der Waals surface area (Å²) in [6, 6.07) is 8.67. The Hall–Kier alpha value is -0.470. The first-order valence-electron chi connectivity index (χ1n) is 7.22. The van der Waals surface area contributed by atoms with Crippen molar-refractivity contribution in [2.75, 3.05) is 5.75 Å². The molecule has 2 atom stereocenters. The summed E-state index contributed by atoms with van der Waals surface area (Å²) in [6.45, 7) is 11.1. The molecular weight excluding hydrogens is 252 g/mol. The molecule has 0 aromatic heterocycles. The van der Waals surface area contributed by atoms with Crippen LogP contribution >= 0.6 is 11.8 Å². The molecule has 108 valence electrons. The molecule has 1 rings (SSSR count). The minimum absolute atomic E-state index is 0.198. The molecule has 0 amide bonds. The first kappa shape index (κ1) is 16.6. The molecule has 2 unspecified atom stereocenters. The molecule has 0 heterocycles. The van der Waals surface area contributed by atoms with E-state index in [1.54, 1.807) is 0 Å². The maximum Gasteiger partial charge on any atom is 0.0670 e. The van der Waals surface area contributed by atoms with E-state index in [0.717, 1.165) is 18.6 Å². The zero-order chi connectivity index (χ0) is 14.5. The van der Waals surface area contributed by atoms with Crippen LogP contribution in [0.25, 0.3) is 0 Å². The van der Waals surface area contributed by atoms with Gasteiger partial charge in [0.25, 0.3) is 0 Å². The van der Waals surface area contributed by atoms with Gasteiger partial charge in [-0.3, -0.25) is 0 Å². The Bertz CT molecular complexity index is 364. The van der Waals surface area contributed by atoms with Gasteiger partial charge in [0, 0.05) is 11.0 Å². The second kappa shape index (κ2) is 7.35. The zero-order valence-corrected chi connectivity index (χ0v) is 13.8. The van der Waals surface area contributed by atoms with Crippen LogP contribution in [0.4, 0.5) is 0 Å². The van der Waals surface area contributed by atoms with Crippen molar-refractivity contribution in [2.45, 2.75) is 64.2 Å². The Morgan fingerprint density at radius 1 is 1.16 bits per heavy atom. The summed E-state index contributed by atoms with van der Waals surface area (Å²) in [7, 11) is 0. The van der Waals surface area contributed by atoms with E-state index in [1.165, 1.54) is 11.1 Å². The summed E-state index contributed by atoms with van der Waals surface area (Å²) in [5.74, 6) is 0.829. The summed E-state index contributed by atoms with van der Waals surface area (Å²) >= 11 is 1.86. The fraction of sp³-hybridized carbons (Fsp3) is 0.647. The van der Waals surface area contributed by atoms with Crippen molar-refractivity contribution in [2.24, 2.45) is 0 Å². The van der Waals surface area contributed by atoms with Gasteiger partial charge in [0.1, 0.15) is 0 Å². The standard InChI is InChI=1S/C17H28OS/c1-6-13(2)19-12-16(18)11-14-7-9-15(10-8-14)17(3,4)5/h7-10,13,16,18H,6,11-12H2,1-5H3. The summed E-state index contributed by atoms with van der Waals surface area (Å²) in [4.78, 5) is 0. The molecule has 0 saturated heterocycles. The van der Waals surface area contributed by atoms with Crippen molar-refractivity contribution >= 4 is 11.8 Å². The van der Waals surface area contributed by atoms with Crippen LogP contribution in [0.5, 0.6) is 0 Å². The lowest BCUT2D eigenvalue weighted by Gasteiger charge is -2.19. The van der Waals surface area contributed by atoms with Gasteiger partial charge in [-0.05, 0) is 29.4 Å². The molecule has 1 aromatic rings. The van der Waals surface area contributed by atoms with Crippen molar-refractivity contribution in [3.63, 3.8) is 0 Å². The molecule has 0 radical (unpaired) electrons. The van der Waals surface area contributed by atoms with Crippen LogP contribution in [0.1, 0.15) is 52.2 Å². The van der Waals surface area contributed by atoms with Crippen LogP contribution in [-0.4, -0.2) is 22.2 Å². The van der Waals surface area contributed by atoms with E-state index in [2.05, 4.69) is 58.9 Å². The lowest BCUT2D eigenvalue weighted by molar-refractivity contribution is 0.200. The van der Waals surface area contributed by atoms with E-state index < -0.39 is 0 Å². The molecule has 1 nitrogen and oxygen atoms in total. The van der Waals surface area contributed by atoms with Crippen molar-refractivity contribution in [3.05, 3.63) is 35.4 Å². The Kier molecular flexibility index (Phi) is 6.41. The first-order chi connectivity index (χ1) is 8.82. The number of aliphatic hydroxyl groups is 1. The Labute approximate surface area is 122 Å². The maximum absolute atomic E-state index is 10.1. The summed E-state index contributed by atoms with van der Waals surface area (Å²) in [5.41, 5.74) is 2.77. The van der Waals surface area contributed by atoms with E-state index in [1.807, 2.05) is 11.8 Å². The molecule has 19 heavy (non-hydrogen) atoms. The van der Waals surface area contributed by atoms with Gasteiger partial charge in [0.2, 0.25) is 0 Å². The second-order valence-electron chi connectivity index (χ2n) is 6.36. The van der Waals surface area contributed by atoms with Crippen molar-refractivity contribution < 1.29 is 5.11 Å². The first-order valence-corrected chi connectivity index (χ1v) is 8.27. The van der Waals surface area contributed by atoms with Gasteiger partial charge >= 0.3 is 0 Å². The van der Waals surface area contributed by atoms with Crippen molar-refractivity contribution in [1.82, 2.24) is 0 Å². The van der Waals surface area contributed by atoms with Crippen LogP contribution in [0, 0.1) is 0 Å². The number of thioether (sulfide) groups is 1. The molecule has 1 aromatic carbocycles. The third-order valence-electron chi connectivity index (χ3n) is 3.44. The Morgan fingerprint density at radius 3 is 2.21 bits per heavy atom. The van der Waals surface area contributed by atoms with E-state index >= 15 is 0 Å². The summed E-state index contributed by atoms with van der Waals surface area (Å²) in [5, 5.41) is 10.7. The van der Waals surface area contributed by atoms with Gasteiger partial charge < -0.3 is 5.11 Å². The number of hydrogen-bond donors (Lipinski definition) is 1. The summed E-state index contributed by atoms with van der Waals surface area (Å²) < 4.78 is 0.